The molecule has 1 aliphatic heterocycles. The van der Waals surface area contributed by atoms with Gasteiger partial charge in [0.1, 0.15) is 17.4 Å². The van der Waals surface area contributed by atoms with Crippen molar-refractivity contribution >= 4 is 44.1 Å². The number of nitrogens with zero attached hydrogens (tertiary/aromatic N) is 4. The quantitative estimate of drug-likeness (QED) is 0.275. The van der Waals surface area contributed by atoms with E-state index >= 15 is 0 Å². The van der Waals surface area contributed by atoms with Crippen molar-refractivity contribution in [3.05, 3.63) is 100 Å². The Bertz CT molecular complexity index is 1770. The number of methoxy groups -OCH3 is 1. The maximum absolute atomic E-state index is 11.6. The number of nitriles is 1. The number of primary sulfonamides is 1. The molecule has 5 rings (SSSR count). The molecule has 1 aliphatic rings. The first-order valence-corrected chi connectivity index (χ1v) is 14.7. The number of fused-ring (bicyclic) bond motifs is 1. The van der Waals surface area contributed by atoms with E-state index in [-0.39, 0.29) is 10.8 Å². The molecule has 208 valence electrons. The summed E-state index contributed by atoms with van der Waals surface area (Å²) >= 11 is 1.33. The summed E-state index contributed by atoms with van der Waals surface area (Å²) < 4.78 is 34.6. The third-order valence-electron chi connectivity index (χ3n) is 6.34. The van der Waals surface area contributed by atoms with Gasteiger partial charge in [0.05, 0.1) is 22.8 Å². The number of thiazole rings is 1. The Balaban J connectivity index is 1.51. The van der Waals surface area contributed by atoms with Crippen LogP contribution in [-0.2, 0) is 10.0 Å². The molecule has 3 N–H and O–H groups in total. The standard InChI is InChI=1S/C29H26N6O4S2/c1-35(2)21-10-4-18(5-11-21)17-32-27-24(16-30)25(19-6-12-22(38-3)13-7-19)26-28(39-27)34-29(40-26)33-20-8-14-23(15-9-20)41(31,36)37/h4-15,17,25H,1-3H3,(H,33,34)(H2,31,36,37). The van der Waals surface area contributed by atoms with Crippen molar-refractivity contribution in [2.75, 3.05) is 31.4 Å². The molecule has 41 heavy (non-hydrogen) atoms. The number of benzene rings is 3. The number of aromatic nitrogens is 1. The van der Waals surface area contributed by atoms with Crippen LogP contribution in [-0.4, -0.2) is 40.8 Å². The van der Waals surface area contributed by atoms with Crippen molar-refractivity contribution in [2.24, 2.45) is 10.1 Å². The van der Waals surface area contributed by atoms with Crippen LogP contribution in [0.25, 0.3) is 0 Å². The summed E-state index contributed by atoms with van der Waals surface area (Å²) in [7, 11) is 1.73. The maximum atomic E-state index is 11.6. The van der Waals surface area contributed by atoms with Gasteiger partial charge < -0.3 is 19.7 Å². The van der Waals surface area contributed by atoms with E-state index in [1.807, 2.05) is 67.5 Å². The Morgan fingerprint density at radius 1 is 1.10 bits per heavy atom. The molecule has 12 heteroatoms. The van der Waals surface area contributed by atoms with Gasteiger partial charge in [-0.1, -0.05) is 35.6 Å². The van der Waals surface area contributed by atoms with Crippen LogP contribution in [0.3, 0.4) is 0 Å². The van der Waals surface area contributed by atoms with Crippen molar-refractivity contribution in [1.29, 1.82) is 5.26 Å². The molecule has 2 heterocycles. The highest BCUT2D eigenvalue weighted by molar-refractivity contribution is 7.89. The smallest absolute Gasteiger partial charge is 0.238 e. The van der Waals surface area contributed by atoms with Gasteiger partial charge in [0, 0.05) is 31.7 Å². The lowest BCUT2D eigenvalue weighted by molar-refractivity contribution is 0.384. The van der Waals surface area contributed by atoms with Gasteiger partial charge in [-0.2, -0.15) is 10.2 Å². The molecule has 1 aromatic heterocycles. The zero-order valence-corrected chi connectivity index (χ0v) is 24.0. The summed E-state index contributed by atoms with van der Waals surface area (Å²) in [6.07, 6.45) is 1.65. The molecule has 0 bridgehead atoms. The second-order valence-corrected chi connectivity index (χ2v) is 11.9. The third kappa shape index (κ3) is 6.07. The second-order valence-electron chi connectivity index (χ2n) is 9.27. The number of ether oxygens (including phenoxy) is 2. The van der Waals surface area contributed by atoms with Crippen LogP contribution in [0.5, 0.6) is 11.6 Å². The SMILES string of the molecule is COc1ccc(C2C(C#N)=C(N=Cc3ccc(N(C)C)cc3)Oc3nc(Nc4ccc(S(N)(=O)=O)cc4)sc32)cc1. The number of anilines is 3. The van der Waals surface area contributed by atoms with Gasteiger partial charge in [0.2, 0.25) is 21.8 Å². The van der Waals surface area contributed by atoms with Crippen molar-refractivity contribution in [3.8, 4) is 17.7 Å². The van der Waals surface area contributed by atoms with E-state index in [4.69, 9.17) is 14.6 Å². The van der Waals surface area contributed by atoms with E-state index in [1.165, 1.54) is 23.5 Å². The fourth-order valence-corrected chi connectivity index (χ4v) is 5.76. The topological polar surface area (TPSA) is 143 Å². The first-order valence-electron chi connectivity index (χ1n) is 12.3. The number of nitrogens with two attached hydrogens (primary N) is 1. The molecule has 0 radical (unpaired) electrons. The minimum Gasteiger partial charge on any atom is -0.497 e. The van der Waals surface area contributed by atoms with Crippen LogP contribution in [0.15, 0.2) is 94.1 Å². The Labute approximate surface area is 242 Å². The van der Waals surface area contributed by atoms with Crippen LogP contribution in [0, 0.1) is 11.3 Å². The van der Waals surface area contributed by atoms with Gasteiger partial charge in [0.25, 0.3) is 0 Å². The molecular formula is C29H26N6O4S2. The number of aliphatic imine (C=N–C) groups is 1. The zero-order chi connectivity index (χ0) is 29.1. The average molecular weight is 587 g/mol. The van der Waals surface area contributed by atoms with Crippen LogP contribution < -0.4 is 24.8 Å². The van der Waals surface area contributed by atoms with Gasteiger partial charge in [-0.15, -0.1) is 0 Å². The summed E-state index contributed by atoms with van der Waals surface area (Å²) in [5, 5.41) is 19.1. The molecule has 1 unspecified atom stereocenters. The normalized spacial score (nSPS) is 14.8. The lowest BCUT2D eigenvalue weighted by Crippen LogP contribution is -2.14. The third-order valence-corrected chi connectivity index (χ3v) is 8.29. The van der Waals surface area contributed by atoms with E-state index in [1.54, 1.807) is 25.5 Å². The molecule has 0 saturated heterocycles. The van der Waals surface area contributed by atoms with Gasteiger partial charge in [-0.25, -0.2) is 18.5 Å². The Morgan fingerprint density at radius 3 is 2.37 bits per heavy atom. The zero-order valence-electron chi connectivity index (χ0n) is 22.4. The highest BCUT2D eigenvalue weighted by atomic mass is 32.2. The van der Waals surface area contributed by atoms with E-state index in [0.717, 1.165) is 21.7 Å². The van der Waals surface area contributed by atoms with Crippen molar-refractivity contribution in [1.82, 2.24) is 4.98 Å². The fraction of sp³-hybridized carbons (Fsp3) is 0.138. The van der Waals surface area contributed by atoms with E-state index in [9.17, 15) is 13.7 Å². The Morgan fingerprint density at radius 2 is 1.78 bits per heavy atom. The van der Waals surface area contributed by atoms with Crippen LogP contribution >= 0.6 is 11.3 Å². The molecular weight excluding hydrogens is 560 g/mol. The van der Waals surface area contributed by atoms with E-state index < -0.39 is 15.9 Å². The number of allylic oxidation sites excluding steroid dienone is 1. The van der Waals surface area contributed by atoms with Gasteiger partial charge >= 0.3 is 0 Å². The summed E-state index contributed by atoms with van der Waals surface area (Å²) in [5.74, 6) is 0.703. The molecule has 0 fully saturated rings. The number of sulfonamides is 1. The van der Waals surface area contributed by atoms with E-state index in [2.05, 4.69) is 21.4 Å². The van der Waals surface area contributed by atoms with Gasteiger partial charge in [-0.3, -0.25) is 0 Å². The Kier molecular flexibility index (Phi) is 7.76. The summed E-state index contributed by atoms with van der Waals surface area (Å²) in [6.45, 7) is 0. The maximum Gasteiger partial charge on any atom is 0.238 e. The molecule has 1 atom stereocenters. The van der Waals surface area contributed by atoms with Gasteiger partial charge in [0.15, 0.2) is 5.13 Å². The predicted octanol–water partition coefficient (Wildman–Crippen LogP) is 4.99. The van der Waals surface area contributed by atoms with Crippen LogP contribution in [0.2, 0.25) is 0 Å². The molecule has 10 nitrogen and oxygen atoms in total. The summed E-state index contributed by atoms with van der Waals surface area (Å²) in [5.41, 5.74) is 3.70. The molecule has 3 aromatic carbocycles. The summed E-state index contributed by atoms with van der Waals surface area (Å²) in [4.78, 5) is 11.9. The fourth-order valence-electron chi connectivity index (χ4n) is 4.19. The van der Waals surface area contributed by atoms with Gasteiger partial charge in [-0.05, 0) is 59.7 Å². The van der Waals surface area contributed by atoms with Crippen molar-refractivity contribution < 1.29 is 17.9 Å². The summed E-state index contributed by atoms with van der Waals surface area (Å²) in [6, 6.07) is 23.6. The second kappa shape index (κ2) is 11.4. The minimum atomic E-state index is -3.81. The highest BCUT2D eigenvalue weighted by Gasteiger charge is 2.35. The molecule has 0 spiro atoms. The lowest BCUT2D eigenvalue weighted by atomic mass is 9.89. The van der Waals surface area contributed by atoms with Crippen molar-refractivity contribution in [2.45, 2.75) is 10.8 Å². The largest absolute Gasteiger partial charge is 0.497 e. The van der Waals surface area contributed by atoms with Crippen LogP contribution in [0.4, 0.5) is 16.5 Å². The number of nitrogens with one attached hydrogen (secondary N) is 1. The molecule has 0 saturated carbocycles. The molecule has 0 amide bonds. The average Bonchev–Trinajstić information content (AvgIpc) is 3.37. The Hall–Kier alpha value is -4.70. The molecule has 0 aliphatic carbocycles. The number of hydrogen-bond acceptors (Lipinski definition) is 10. The number of hydrogen-bond donors (Lipinski definition) is 2. The molecule has 4 aromatic rings. The monoisotopic (exact) mass is 586 g/mol. The van der Waals surface area contributed by atoms with Crippen LogP contribution in [0.1, 0.15) is 21.9 Å². The van der Waals surface area contributed by atoms with E-state index in [0.29, 0.717) is 28.0 Å². The predicted molar refractivity (Wildman–Crippen MR) is 160 cm³/mol. The lowest BCUT2D eigenvalue weighted by Gasteiger charge is -2.22. The van der Waals surface area contributed by atoms with Crippen molar-refractivity contribution in [3.63, 3.8) is 0 Å². The number of rotatable bonds is 8. The highest BCUT2D eigenvalue weighted by Crippen LogP contribution is 2.48. The minimum absolute atomic E-state index is 0.00565. The first kappa shape index (κ1) is 27.9. The first-order chi connectivity index (χ1) is 19.7.